The Kier molecular flexibility index (Phi) is 6.67. The Labute approximate surface area is 104 Å². The lowest BCUT2D eigenvalue weighted by Crippen LogP contribution is -2.18. The van der Waals surface area contributed by atoms with Crippen LogP contribution in [0.2, 0.25) is 0 Å². The molecular formula is C14H23NO2. The second kappa shape index (κ2) is 8.09. The Hall–Kier alpha value is -1.06. The second-order valence-corrected chi connectivity index (χ2v) is 4.52. The van der Waals surface area contributed by atoms with Gasteiger partial charge in [0.25, 0.3) is 0 Å². The Balaban J connectivity index is 2.20. The largest absolute Gasteiger partial charge is 0.462 e. The van der Waals surface area contributed by atoms with Gasteiger partial charge >= 0.3 is 0 Å². The van der Waals surface area contributed by atoms with Gasteiger partial charge in [0.2, 0.25) is 0 Å². The average Bonchev–Trinajstić information content (AvgIpc) is 2.72. The van der Waals surface area contributed by atoms with Crippen molar-refractivity contribution < 1.29 is 9.15 Å². The zero-order valence-corrected chi connectivity index (χ0v) is 10.9. The molecule has 0 fully saturated rings. The van der Waals surface area contributed by atoms with Gasteiger partial charge in [0.1, 0.15) is 18.1 Å². The third kappa shape index (κ3) is 6.29. The minimum atomic E-state index is 0.540. The minimum absolute atomic E-state index is 0.540. The zero-order valence-electron chi connectivity index (χ0n) is 10.9. The molecule has 0 atom stereocenters. The van der Waals surface area contributed by atoms with Crippen molar-refractivity contribution in [2.75, 3.05) is 13.2 Å². The Morgan fingerprint density at radius 3 is 2.88 bits per heavy atom. The van der Waals surface area contributed by atoms with E-state index in [-0.39, 0.29) is 0 Å². The van der Waals surface area contributed by atoms with E-state index in [1.54, 1.807) is 0 Å². The van der Waals surface area contributed by atoms with Gasteiger partial charge < -0.3 is 14.5 Å². The molecule has 96 valence electrons. The van der Waals surface area contributed by atoms with Crippen LogP contribution in [-0.4, -0.2) is 13.2 Å². The molecule has 0 bridgehead atoms. The summed E-state index contributed by atoms with van der Waals surface area (Å²) in [6.07, 6.45) is 2.73. The van der Waals surface area contributed by atoms with Gasteiger partial charge in [-0.05, 0) is 31.0 Å². The molecule has 0 saturated carbocycles. The number of furan rings is 1. The van der Waals surface area contributed by atoms with Crippen LogP contribution in [-0.2, 0) is 17.9 Å². The molecule has 1 N–H and O–H groups in total. The fraction of sp³-hybridized carbons (Fsp3) is 0.571. The molecule has 1 heterocycles. The molecule has 0 saturated heterocycles. The quantitative estimate of drug-likeness (QED) is 0.529. The zero-order chi connectivity index (χ0) is 12.5. The maximum absolute atomic E-state index is 5.63. The van der Waals surface area contributed by atoms with Crippen LogP contribution in [0.3, 0.4) is 0 Å². The van der Waals surface area contributed by atoms with E-state index in [1.165, 1.54) is 0 Å². The summed E-state index contributed by atoms with van der Waals surface area (Å²) in [4.78, 5) is 0. The summed E-state index contributed by atoms with van der Waals surface area (Å²) in [6, 6.07) is 3.97. The maximum Gasteiger partial charge on any atom is 0.129 e. The maximum atomic E-state index is 5.63. The Morgan fingerprint density at radius 1 is 1.41 bits per heavy atom. The fourth-order valence-electron chi connectivity index (χ4n) is 1.42. The van der Waals surface area contributed by atoms with E-state index in [9.17, 15) is 0 Å². The molecule has 1 aromatic rings. The van der Waals surface area contributed by atoms with Gasteiger partial charge in [-0.2, -0.15) is 0 Å². The molecule has 0 aliphatic rings. The first-order valence-electron chi connectivity index (χ1n) is 6.19. The van der Waals surface area contributed by atoms with Crippen LogP contribution < -0.4 is 5.32 Å². The number of nitrogens with one attached hydrogen (secondary N) is 1. The highest BCUT2D eigenvalue weighted by Gasteiger charge is 2.02. The van der Waals surface area contributed by atoms with Crippen LogP contribution in [0.25, 0.3) is 0 Å². The van der Waals surface area contributed by atoms with E-state index in [1.807, 2.05) is 18.2 Å². The number of ether oxygens (including phenoxy) is 1. The first-order valence-corrected chi connectivity index (χ1v) is 6.19. The molecule has 1 aromatic heterocycles. The van der Waals surface area contributed by atoms with Crippen molar-refractivity contribution in [1.29, 1.82) is 0 Å². The summed E-state index contributed by atoms with van der Waals surface area (Å²) in [5.41, 5.74) is 0. The highest BCUT2D eigenvalue weighted by atomic mass is 16.5. The Morgan fingerprint density at radius 2 is 2.18 bits per heavy atom. The summed E-state index contributed by atoms with van der Waals surface area (Å²) in [7, 11) is 0. The van der Waals surface area contributed by atoms with Crippen molar-refractivity contribution in [3.63, 3.8) is 0 Å². The van der Waals surface area contributed by atoms with Crippen molar-refractivity contribution in [1.82, 2.24) is 5.32 Å². The topological polar surface area (TPSA) is 34.4 Å². The van der Waals surface area contributed by atoms with Crippen molar-refractivity contribution in [3.05, 3.63) is 36.3 Å². The van der Waals surface area contributed by atoms with Crippen molar-refractivity contribution in [2.45, 2.75) is 33.4 Å². The fourth-order valence-corrected chi connectivity index (χ4v) is 1.42. The van der Waals surface area contributed by atoms with Crippen molar-refractivity contribution >= 4 is 0 Å². The standard InChI is InChI=1S/C14H23NO2/c1-4-5-8-16-11-14-7-6-13(17-14)10-15-9-12(2)3/h4,6-7,12,15H,1,5,8-11H2,2-3H3. The van der Waals surface area contributed by atoms with Crippen molar-refractivity contribution in [3.8, 4) is 0 Å². The SMILES string of the molecule is C=CCCOCc1ccc(CNCC(C)C)o1. The predicted molar refractivity (Wildman–Crippen MR) is 69.7 cm³/mol. The van der Waals surface area contributed by atoms with E-state index >= 15 is 0 Å². The number of hydrogen-bond donors (Lipinski definition) is 1. The van der Waals surface area contributed by atoms with Crippen molar-refractivity contribution in [2.24, 2.45) is 5.92 Å². The summed E-state index contributed by atoms with van der Waals surface area (Å²) in [6.45, 7) is 11.1. The first kappa shape index (κ1) is 14.0. The summed E-state index contributed by atoms with van der Waals surface area (Å²) in [5, 5.41) is 3.34. The van der Waals surface area contributed by atoms with E-state index in [2.05, 4.69) is 25.7 Å². The van der Waals surface area contributed by atoms with Gasteiger partial charge in [-0.3, -0.25) is 0 Å². The molecule has 17 heavy (non-hydrogen) atoms. The molecule has 0 aliphatic heterocycles. The van der Waals surface area contributed by atoms with Crippen LogP contribution in [0.4, 0.5) is 0 Å². The molecule has 0 amide bonds. The van der Waals surface area contributed by atoms with E-state index in [4.69, 9.17) is 9.15 Å². The predicted octanol–water partition coefficient (Wildman–Crippen LogP) is 3.12. The molecule has 0 radical (unpaired) electrons. The number of rotatable bonds is 9. The van der Waals surface area contributed by atoms with Crippen LogP contribution in [0.1, 0.15) is 31.8 Å². The molecular weight excluding hydrogens is 214 g/mol. The van der Waals surface area contributed by atoms with Gasteiger partial charge in [0.15, 0.2) is 0 Å². The van der Waals surface area contributed by atoms with Crippen LogP contribution >= 0.6 is 0 Å². The summed E-state index contributed by atoms with van der Waals surface area (Å²) in [5.74, 6) is 2.51. The molecule has 0 aliphatic carbocycles. The lowest BCUT2D eigenvalue weighted by molar-refractivity contribution is 0.109. The van der Waals surface area contributed by atoms with Crippen LogP contribution in [0.5, 0.6) is 0 Å². The minimum Gasteiger partial charge on any atom is -0.462 e. The number of hydrogen-bond acceptors (Lipinski definition) is 3. The summed E-state index contributed by atoms with van der Waals surface area (Å²) < 4.78 is 11.1. The molecule has 0 unspecified atom stereocenters. The molecule has 3 nitrogen and oxygen atoms in total. The molecule has 1 rings (SSSR count). The van der Waals surface area contributed by atoms with E-state index in [0.29, 0.717) is 19.1 Å². The van der Waals surface area contributed by atoms with Crippen LogP contribution in [0.15, 0.2) is 29.2 Å². The van der Waals surface area contributed by atoms with Gasteiger partial charge in [-0.25, -0.2) is 0 Å². The monoisotopic (exact) mass is 237 g/mol. The Bertz CT molecular complexity index is 318. The highest BCUT2D eigenvalue weighted by Crippen LogP contribution is 2.09. The lowest BCUT2D eigenvalue weighted by Gasteiger charge is -2.05. The van der Waals surface area contributed by atoms with Gasteiger partial charge in [0.05, 0.1) is 13.2 Å². The lowest BCUT2D eigenvalue weighted by atomic mass is 10.2. The van der Waals surface area contributed by atoms with Gasteiger partial charge in [-0.15, -0.1) is 6.58 Å². The average molecular weight is 237 g/mol. The second-order valence-electron chi connectivity index (χ2n) is 4.52. The molecule has 3 heteroatoms. The van der Waals surface area contributed by atoms with Gasteiger partial charge in [0, 0.05) is 0 Å². The van der Waals surface area contributed by atoms with Crippen LogP contribution in [0, 0.1) is 5.92 Å². The van der Waals surface area contributed by atoms with E-state index in [0.717, 1.165) is 31.0 Å². The summed E-state index contributed by atoms with van der Waals surface area (Å²) >= 11 is 0. The van der Waals surface area contributed by atoms with E-state index < -0.39 is 0 Å². The highest BCUT2D eigenvalue weighted by molar-refractivity contribution is 5.06. The third-order valence-electron chi connectivity index (χ3n) is 2.28. The normalized spacial score (nSPS) is 11.0. The molecule has 0 aromatic carbocycles. The smallest absolute Gasteiger partial charge is 0.129 e. The van der Waals surface area contributed by atoms with Gasteiger partial charge in [-0.1, -0.05) is 19.9 Å². The molecule has 0 spiro atoms. The first-order chi connectivity index (χ1) is 8.22. The third-order valence-corrected chi connectivity index (χ3v) is 2.28.